The number of pyridine rings is 1. The third kappa shape index (κ3) is 10.0. The Morgan fingerprint density at radius 1 is 1.08 bits per heavy atom. The molecule has 2 aromatic carbocycles. The van der Waals surface area contributed by atoms with Crippen molar-refractivity contribution in [3.05, 3.63) is 65.4 Å². The Balaban J connectivity index is 0.000000279. The van der Waals surface area contributed by atoms with Crippen molar-refractivity contribution in [2.24, 2.45) is 11.7 Å². The Labute approximate surface area is 230 Å². The lowest BCUT2D eigenvalue weighted by atomic mass is 10.0. The third-order valence-corrected chi connectivity index (χ3v) is 5.91. The normalized spacial score (nSPS) is 12.7. The summed E-state index contributed by atoms with van der Waals surface area (Å²) < 4.78 is 10.4. The number of anilines is 1. The second-order valence-electron chi connectivity index (χ2n) is 9.16. The summed E-state index contributed by atoms with van der Waals surface area (Å²) in [6.07, 6.45) is 4.03. The van der Waals surface area contributed by atoms with E-state index in [2.05, 4.69) is 36.4 Å². The van der Waals surface area contributed by atoms with Crippen molar-refractivity contribution in [1.82, 2.24) is 10.3 Å². The summed E-state index contributed by atoms with van der Waals surface area (Å²) >= 11 is 0. The van der Waals surface area contributed by atoms with Crippen LogP contribution in [0.25, 0.3) is 10.8 Å². The minimum Gasteiger partial charge on any atom is -0.468 e. The van der Waals surface area contributed by atoms with E-state index in [1.807, 2.05) is 36.4 Å². The fourth-order valence-electron chi connectivity index (χ4n) is 3.89. The number of nitrogens with one attached hydrogen (secondary N) is 2. The first kappa shape index (κ1) is 31.2. The number of nitrogens with two attached hydrogens (primary N) is 1. The number of rotatable bonds is 8. The molecule has 3 aromatic rings. The number of ether oxygens (including phenoxy) is 2. The van der Waals surface area contributed by atoms with Crippen LogP contribution in [0.4, 0.5) is 5.69 Å². The van der Waals surface area contributed by atoms with E-state index in [0.29, 0.717) is 18.2 Å². The molecule has 210 valence electrons. The molecule has 0 saturated carbocycles. The Morgan fingerprint density at radius 2 is 1.74 bits per heavy atom. The van der Waals surface area contributed by atoms with Crippen LogP contribution in [0.1, 0.15) is 59.5 Å². The minimum absolute atomic E-state index is 0.180. The zero-order valence-electron chi connectivity index (χ0n) is 23.3. The first-order chi connectivity index (χ1) is 18.8. The number of carbonyl (C=O) groups excluding carboxylic acids is 3. The number of aromatic nitrogens is 1. The molecule has 0 unspecified atom stereocenters. The van der Waals surface area contributed by atoms with Crippen LogP contribution in [0.2, 0.25) is 0 Å². The Kier molecular flexibility index (Phi) is 13.4. The van der Waals surface area contributed by atoms with Gasteiger partial charge in [-0.15, -0.1) is 0 Å². The smallest absolute Gasteiger partial charge is 0.272 e. The van der Waals surface area contributed by atoms with E-state index in [4.69, 9.17) is 15.2 Å². The average molecular weight is 537 g/mol. The predicted molar refractivity (Wildman–Crippen MR) is 154 cm³/mol. The van der Waals surface area contributed by atoms with Gasteiger partial charge in [-0.1, -0.05) is 56.7 Å². The average Bonchev–Trinajstić information content (AvgIpc) is 2.96. The first-order valence-electron chi connectivity index (χ1n) is 13.2. The zero-order valence-corrected chi connectivity index (χ0v) is 23.3. The molecule has 2 heterocycles. The highest BCUT2D eigenvalue weighted by Gasteiger charge is 2.18. The van der Waals surface area contributed by atoms with Crippen molar-refractivity contribution in [2.75, 3.05) is 38.7 Å². The Morgan fingerprint density at radius 3 is 2.36 bits per heavy atom. The fourth-order valence-corrected chi connectivity index (χ4v) is 3.89. The summed E-state index contributed by atoms with van der Waals surface area (Å²) in [5, 5.41) is 8.01. The van der Waals surface area contributed by atoms with Crippen LogP contribution in [-0.2, 0) is 9.53 Å². The lowest BCUT2D eigenvalue weighted by molar-refractivity contribution is -0.120. The highest BCUT2D eigenvalue weighted by Crippen LogP contribution is 2.21. The van der Waals surface area contributed by atoms with E-state index in [1.165, 1.54) is 12.0 Å². The van der Waals surface area contributed by atoms with Gasteiger partial charge in [0.1, 0.15) is 0 Å². The number of primary amides is 1. The maximum absolute atomic E-state index is 12.4. The summed E-state index contributed by atoms with van der Waals surface area (Å²) in [5.74, 6) is -0.292. The van der Waals surface area contributed by atoms with Crippen LogP contribution in [-0.4, -0.2) is 56.5 Å². The van der Waals surface area contributed by atoms with E-state index in [9.17, 15) is 14.4 Å². The van der Waals surface area contributed by atoms with Crippen molar-refractivity contribution >= 4 is 34.6 Å². The van der Waals surface area contributed by atoms with Gasteiger partial charge in [0.25, 0.3) is 11.8 Å². The molecule has 0 bridgehead atoms. The van der Waals surface area contributed by atoms with Crippen LogP contribution in [0.15, 0.2) is 48.5 Å². The van der Waals surface area contributed by atoms with Crippen molar-refractivity contribution < 1.29 is 23.9 Å². The maximum atomic E-state index is 12.4. The highest BCUT2D eigenvalue weighted by atomic mass is 16.5. The number of hydrogen-bond donors (Lipinski definition) is 3. The van der Waals surface area contributed by atoms with Gasteiger partial charge in [0.2, 0.25) is 5.88 Å². The van der Waals surface area contributed by atoms with Gasteiger partial charge in [-0.05, 0) is 48.1 Å². The molecule has 39 heavy (non-hydrogen) atoms. The number of carbonyl (C=O) groups is 3. The van der Waals surface area contributed by atoms with Crippen LogP contribution < -0.4 is 21.1 Å². The Hall–Kier alpha value is -3.98. The lowest BCUT2D eigenvalue weighted by Gasteiger charge is -2.22. The van der Waals surface area contributed by atoms with Crippen LogP contribution in [0.5, 0.6) is 5.88 Å². The van der Waals surface area contributed by atoms with E-state index in [0.717, 1.165) is 48.7 Å². The minimum atomic E-state index is -0.602. The molecular weight excluding hydrogens is 496 g/mol. The molecule has 0 spiro atoms. The van der Waals surface area contributed by atoms with Gasteiger partial charge in [0.15, 0.2) is 18.6 Å². The molecule has 1 aromatic heterocycles. The van der Waals surface area contributed by atoms with Gasteiger partial charge in [-0.2, -0.15) is 0 Å². The summed E-state index contributed by atoms with van der Waals surface area (Å²) in [5.41, 5.74) is 7.81. The summed E-state index contributed by atoms with van der Waals surface area (Å²) in [7, 11) is 1.70. The maximum Gasteiger partial charge on any atom is 0.272 e. The van der Waals surface area contributed by atoms with Crippen LogP contribution in [0.3, 0.4) is 0 Å². The molecule has 9 nitrogen and oxygen atoms in total. The van der Waals surface area contributed by atoms with Gasteiger partial charge < -0.3 is 25.8 Å². The number of amides is 2. The molecule has 1 fully saturated rings. The van der Waals surface area contributed by atoms with Crippen molar-refractivity contribution in [1.29, 1.82) is 0 Å². The number of hydrogen-bond acceptors (Lipinski definition) is 7. The standard InChI is InChI=1S/C15H22N4O4.C12H10O.C3H8/c1-17-11-2-3-13(23-9-12(16)20)19-14(11)15(21)18-8-10-4-6-22-7-5-10;1-9-6-7-10(8-13)12-5-3-2-4-11(9)12;1-3-2/h2-3,10,17H,4-9H2,1H3,(H2,16,20)(H,18,21);2-8H,1H3;3H2,1-2H3. The second-order valence-corrected chi connectivity index (χ2v) is 9.16. The monoisotopic (exact) mass is 536 g/mol. The van der Waals surface area contributed by atoms with Crippen molar-refractivity contribution in [2.45, 2.75) is 40.0 Å². The van der Waals surface area contributed by atoms with Gasteiger partial charge in [0.05, 0.1) is 5.69 Å². The highest BCUT2D eigenvalue weighted by molar-refractivity contribution is 5.99. The summed E-state index contributed by atoms with van der Waals surface area (Å²) in [4.78, 5) is 38.0. The van der Waals surface area contributed by atoms with Gasteiger partial charge in [-0.25, -0.2) is 4.98 Å². The first-order valence-corrected chi connectivity index (χ1v) is 13.2. The van der Waals surface area contributed by atoms with E-state index in [-0.39, 0.29) is 24.1 Å². The topological polar surface area (TPSA) is 133 Å². The van der Waals surface area contributed by atoms with E-state index < -0.39 is 5.91 Å². The number of nitrogens with zero attached hydrogens (tertiary/aromatic N) is 1. The molecule has 0 radical (unpaired) electrons. The van der Waals surface area contributed by atoms with Crippen LogP contribution in [0, 0.1) is 12.8 Å². The van der Waals surface area contributed by atoms with Gasteiger partial charge in [-0.3, -0.25) is 14.4 Å². The molecule has 1 saturated heterocycles. The number of benzene rings is 2. The summed E-state index contributed by atoms with van der Waals surface area (Å²) in [6, 6.07) is 15.1. The SMILES string of the molecule is CCC.CNc1ccc(OCC(N)=O)nc1C(=O)NCC1CCOCC1.Cc1ccc(C=O)c2ccccc12. The molecule has 1 aliphatic heterocycles. The number of aryl methyl sites for hydroxylation is 1. The molecule has 4 N–H and O–H groups in total. The Bertz CT molecular complexity index is 1230. The molecule has 9 heteroatoms. The quantitative estimate of drug-likeness (QED) is 0.361. The van der Waals surface area contributed by atoms with Crippen molar-refractivity contribution in [3.8, 4) is 5.88 Å². The molecule has 0 atom stereocenters. The summed E-state index contributed by atoms with van der Waals surface area (Å²) in [6.45, 7) is 8.07. The molecule has 0 aliphatic carbocycles. The molecule has 1 aliphatic rings. The molecular formula is C30H40N4O5. The molecule has 2 amide bonds. The van der Waals surface area contributed by atoms with Crippen LogP contribution >= 0.6 is 0 Å². The predicted octanol–water partition coefficient (Wildman–Crippen LogP) is 4.52. The van der Waals surface area contributed by atoms with Gasteiger partial charge >= 0.3 is 0 Å². The number of aldehydes is 1. The second kappa shape index (κ2) is 16.8. The van der Waals surface area contributed by atoms with E-state index >= 15 is 0 Å². The number of fused-ring (bicyclic) bond motifs is 1. The van der Waals surface area contributed by atoms with Gasteiger partial charge in [0, 0.05) is 38.4 Å². The molecule has 4 rings (SSSR count). The van der Waals surface area contributed by atoms with Crippen molar-refractivity contribution in [3.63, 3.8) is 0 Å². The lowest BCUT2D eigenvalue weighted by Crippen LogP contribution is -2.33. The zero-order chi connectivity index (χ0) is 28.6. The largest absolute Gasteiger partial charge is 0.468 e. The third-order valence-electron chi connectivity index (χ3n) is 5.91. The van der Waals surface area contributed by atoms with E-state index in [1.54, 1.807) is 19.2 Å². The fraction of sp³-hybridized carbons (Fsp3) is 0.400.